The standard InChI is InChI=1S/C12H10F3N3O2.ClH/c13-12(14,15)10-9(16)6-18(17-10)5-7-2-1-3-8(4-7)11(19)20;/h1-4,6H,5,16H2,(H,19,20);1H. The smallest absolute Gasteiger partial charge is 0.437 e. The molecule has 1 aromatic carbocycles. The van der Waals surface area contributed by atoms with E-state index in [-0.39, 0.29) is 24.5 Å². The Hall–Kier alpha value is -2.22. The van der Waals surface area contributed by atoms with E-state index in [4.69, 9.17) is 10.8 Å². The Balaban J connectivity index is 0.00000220. The fraction of sp³-hybridized carbons (Fsp3) is 0.167. The number of nitrogens with zero attached hydrogens (tertiary/aromatic N) is 2. The normalized spacial score (nSPS) is 11.0. The van der Waals surface area contributed by atoms with Crippen LogP contribution >= 0.6 is 12.4 Å². The molecule has 0 atom stereocenters. The van der Waals surface area contributed by atoms with E-state index in [1.54, 1.807) is 6.07 Å². The van der Waals surface area contributed by atoms with E-state index in [2.05, 4.69) is 5.10 Å². The SMILES string of the molecule is Cl.Nc1cn(Cc2cccc(C(=O)O)c2)nc1C(F)(F)F. The van der Waals surface area contributed by atoms with Crippen molar-refractivity contribution in [3.05, 3.63) is 47.3 Å². The molecule has 21 heavy (non-hydrogen) atoms. The number of carboxylic acid groups (broad SMARTS) is 1. The Morgan fingerprint density at radius 1 is 1.38 bits per heavy atom. The molecular weight excluding hydrogens is 311 g/mol. The molecule has 0 radical (unpaired) electrons. The highest BCUT2D eigenvalue weighted by atomic mass is 35.5. The molecule has 0 bridgehead atoms. The number of aromatic carboxylic acids is 1. The van der Waals surface area contributed by atoms with Crippen LogP contribution in [0.1, 0.15) is 21.6 Å². The Morgan fingerprint density at radius 3 is 2.57 bits per heavy atom. The van der Waals surface area contributed by atoms with Gasteiger partial charge in [0.2, 0.25) is 0 Å². The van der Waals surface area contributed by atoms with Crippen molar-refractivity contribution in [2.24, 2.45) is 0 Å². The van der Waals surface area contributed by atoms with Gasteiger partial charge < -0.3 is 10.8 Å². The third kappa shape index (κ3) is 3.88. The summed E-state index contributed by atoms with van der Waals surface area (Å²) in [6, 6.07) is 5.87. The van der Waals surface area contributed by atoms with Gasteiger partial charge in [-0.05, 0) is 17.7 Å². The van der Waals surface area contributed by atoms with Crippen LogP contribution < -0.4 is 5.73 Å². The molecule has 1 aromatic heterocycles. The highest BCUT2D eigenvalue weighted by Gasteiger charge is 2.36. The van der Waals surface area contributed by atoms with Gasteiger partial charge in [-0.2, -0.15) is 18.3 Å². The molecule has 2 rings (SSSR count). The van der Waals surface area contributed by atoms with Crippen LogP contribution in [-0.2, 0) is 12.7 Å². The molecule has 5 nitrogen and oxygen atoms in total. The van der Waals surface area contributed by atoms with Crippen molar-refractivity contribution in [1.82, 2.24) is 9.78 Å². The largest absolute Gasteiger partial charge is 0.478 e. The summed E-state index contributed by atoms with van der Waals surface area (Å²) in [4.78, 5) is 10.8. The van der Waals surface area contributed by atoms with Crippen LogP contribution in [0.5, 0.6) is 0 Å². The third-order valence-electron chi connectivity index (χ3n) is 2.58. The second-order valence-electron chi connectivity index (χ2n) is 4.13. The average Bonchev–Trinajstić information content (AvgIpc) is 2.70. The first-order valence-corrected chi connectivity index (χ1v) is 5.49. The highest BCUT2D eigenvalue weighted by Crippen LogP contribution is 2.31. The van der Waals surface area contributed by atoms with E-state index >= 15 is 0 Å². The molecule has 2 aromatic rings. The fourth-order valence-electron chi connectivity index (χ4n) is 1.73. The number of nitrogen functional groups attached to an aromatic ring is 1. The minimum atomic E-state index is -4.61. The van der Waals surface area contributed by atoms with Gasteiger partial charge in [0.15, 0.2) is 5.69 Å². The summed E-state index contributed by atoms with van der Waals surface area (Å²) in [6.07, 6.45) is -3.55. The number of alkyl halides is 3. The van der Waals surface area contributed by atoms with Gasteiger partial charge in [-0.15, -0.1) is 12.4 Å². The van der Waals surface area contributed by atoms with Gasteiger partial charge >= 0.3 is 12.1 Å². The first-order chi connectivity index (χ1) is 9.27. The Kier molecular flexibility index (Phi) is 4.84. The molecular formula is C12H11ClF3N3O2. The number of benzene rings is 1. The van der Waals surface area contributed by atoms with E-state index in [0.717, 1.165) is 10.9 Å². The number of anilines is 1. The minimum Gasteiger partial charge on any atom is -0.478 e. The molecule has 0 saturated heterocycles. The summed E-state index contributed by atoms with van der Waals surface area (Å²) in [6.45, 7) is 0.00139. The zero-order chi connectivity index (χ0) is 14.9. The number of halogens is 4. The summed E-state index contributed by atoms with van der Waals surface area (Å²) >= 11 is 0. The maximum Gasteiger partial charge on any atom is 0.437 e. The van der Waals surface area contributed by atoms with Gasteiger partial charge in [0.25, 0.3) is 0 Å². The van der Waals surface area contributed by atoms with Crippen molar-refractivity contribution in [3.8, 4) is 0 Å². The highest BCUT2D eigenvalue weighted by molar-refractivity contribution is 5.87. The Morgan fingerprint density at radius 2 is 2.05 bits per heavy atom. The van der Waals surface area contributed by atoms with Gasteiger partial charge in [0.05, 0.1) is 17.8 Å². The van der Waals surface area contributed by atoms with Crippen molar-refractivity contribution in [2.45, 2.75) is 12.7 Å². The van der Waals surface area contributed by atoms with E-state index in [1.165, 1.54) is 18.2 Å². The lowest BCUT2D eigenvalue weighted by Gasteiger charge is -2.04. The molecule has 9 heteroatoms. The van der Waals surface area contributed by atoms with Crippen LogP contribution in [0.15, 0.2) is 30.5 Å². The molecule has 1 heterocycles. The number of hydrogen-bond donors (Lipinski definition) is 2. The fourth-order valence-corrected chi connectivity index (χ4v) is 1.73. The molecule has 3 N–H and O–H groups in total. The van der Waals surface area contributed by atoms with Gasteiger partial charge in [-0.3, -0.25) is 4.68 Å². The first kappa shape index (κ1) is 16.8. The molecule has 0 unspecified atom stereocenters. The van der Waals surface area contributed by atoms with Gasteiger partial charge in [0, 0.05) is 6.20 Å². The number of nitrogens with two attached hydrogens (primary N) is 1. The minimum absolute atomic E-state index is 0. The van der Waals surface area contributed by atoms with Gasteiger partial charge in [0.1, 0.15) is 0 Å². The van der Waals surface area contributed by atoms with E-state index in [1.807, 2.05) is 0 Å². The van der Waals surface area contributed by atoms with Gasteiger partial charge in [-0.1, -0.05) is 12.1 Å². The molecule has 0 fully saturated rings. The number of aromatic nitrogens is 2. The van der Waals surface area contributed by atoms with E-state index < -0.39 is 23.5 Å². The summed E-state index contributed by atoms with van der Waals surface area (Å²) in [5.41, 5.74) is 4.22. The Labute approximate surface area is 123 Å². The molecule has 0 amide bonds. The lowest BCUT2D eigenvalue weighted by molar-refractivity contribution is -0.140. The predicted molar refractivity (Wildman–Crippen MR) is 71.4 cm³/mol. The van der Waals surface area contributed by atoms with Crippen LogP contribution in [0.4, 0.5) is 18.9 Å². The van der Waals surface area contributed by atoms with Crippen LogP contribution in [-0.4, -0.2) is 20.9 Å². The van der Waals surface area contributed by atoms with Crippen molar-refractivity contribution >= 4 is 24.1 Å². The van der Waals surface area contributed by atoms with Crippen LogP contribution in [0.2, 0.25) is 0 Å². The molecule has 0 aliphatic rings. The van der Waals surface area contributed by atoms with Crippen LogP contribution in [0.25, 0.3) is 0 Å². The molecule has 114 valence electrons. The number of carboxylic acids is 1. The molecule has 0 spiro atoms. The summed E-state index contributed by atoms with van der Waals surface area (Å²) in [7, 11) is 0. The summed E-state index contributed by atoms with van der Waals surface area (Å²) in [5.74, 6) is -1.11. The Bertz CT molecular complexity index is 655. The molecule has 0 aliphatic heterocycles. The zero-order valence-electron chi connectivity index (χ0n) is 10.5. The van der Waals surface area contributed by atoms with Gasteiger partial charge in [-0.25, -0.2) is 4.79 Å². The number of rotatable bonds is 3. The lowest BCUT2D eigenvalue weighted by atomic mass is 10.1. The van der Waals surface area contributed by atoms with Crippen LogP contribution in [0, 0.1) is 0 Å². The topological polar surface area (TPSA) is 81.1 Å². The van der Waals surface area contributed by atoms with Crippen molar-refractivity contribution in [3.63, 3.8) is 0 Å². The second kappa shape index (κ2) is 6.04. The van der Waals surface area contributed by atoms with Crippen molar-refractivity contribution < 1.29 is 23.1 Å². The summed E-state index contributed by atoms with van der Waals surface area (Å²) in [5, 5.41) is 12.2. The van der Waals surface area contributed by atoms with Crippen molar-refractivity contribution in [2.75, 3.05) is 5.73 Å². The zero-order valence-corrected chi connectivity index (χ0v) is 11.3. The van der Waals surface area contributed by atoms with Crippen LogP contribution in [0.3, 0.4) is 0 Å². The maximum absolute atomic E-state index is 12.5. The predicted octanol–water partition coefficient (Wildman–Crippen LogP) is 2.65. The van der Waals surface area contributed by atoms with E-state index in [0.29, 0.717) is 5.56 Å². The molecule has 0 aliphatic carbocycles. The first-order valence-electron chi connectivity index (χ1n) is 5.49. The number of hydrogen-bond acceptors (Lipinski definition) is 3. The molecule has 0 saturated carbocycles. The maximum atomic E-state index is 12.5. The van der Waals surface area contributed by atoms with Crippen molar-refractivity contribution in [1.29, 1.82) is 0 Å². The lowest BCUT2D eigenvalue weighted by Crippen LogP contribution is -2.10. The third-order valence-corrected chi connectivity index (χ3v) is 2.58. The average molecular weight is 322 g/mol. The monoisotopic (exact) mass is 321 g/mol. The number of carbonyl (C=O) groups is 1. The second-order valence-corrected chi connectivity index (χ2v) is 4.13. The summed E-state index contributed by atoms with van der Waals surface area (Å²) < 4.78 is 38.6. The van der Waals surface area contributed by atoms with E-state index in [9.17, 15) is 18.0 Å². The quantitative estimate of drug-likeness (QED) is 0.910.